The minimum Gasteiger partial charge on any atom is -0.354 e. The second kappa shape index (κ2) is 8.08. The van der Waals surface area contributed by atoms with Gasteiger partial charge in [-0.15, -0.1) is 0 Å². The Hall–Kier alpha value is -1.07. The molecular formula is C12H17FN2OS. The van der Waals surface area contributed by atoms with Gasteiger partial charge in [-0.25, -0.2) is 4.39 Å². The highest BCUT2D eigenvalue weighted by molar-refractivity contribution is 7.98. The quantitative estimate of drug-likeness (QED) is 0.724. The maximum atomic E-state index is 13.2. The molecule has 0 heterocycles. The molecule has 0 aliphatic heterocycles. The van der Waals surface area contributed by atoms with Gasteiger partial charge in [-0.2, -0.15) is 11.8 Å². The van der Waals surface area contributed by atoms with Crippen LogP contribution < -0.4 is 10.6 Å². The number of benzene rings is 1. The van der Waals surface area contributed by atoms with Crippen molar-refractivity contribution < 1.29 is 9.18 Å². The largest absolute Gasteiger partial charge is 0.354 e. The summed E-state index contributed by atoms with van der Waals surface area (Å²) in [6, 6.07) is 6.75. The number of hydrogen-bond acceptors (Lipinski definition) is 3. The Morgan fingerprint density at radius 3 is 2.88 bits per heavy atom. The van der Waals surface area contributed by atoms with Gasteiger partial charge in [0.05, 0.1) is 6.54 Å². The molecule has 3 nitrogen and oxygen atoms in total. The highest BCUT2D eigenvalue weighted by Gasteiger charge is 2.01. The second-order valence-electron chi connectivity index (χ2n) is 3.52. The summed E-state index contributed by atoms with van der Waals surface area (Å²) in [4.78, 5) is 11.1. The molecule has 1 aromatic rings. The molecular weight excluding hydrogens is 239 g/mol. The first kappa shape index (κ1) is 14.0. The third-order valence-electron chi connectivity index (χ3n) is 2.12. The summed E-state index contributed by atoms with van der Waals surface area (Å²) in [6.45, 7) is 0.942. The SMILES string of the molecule is CNCC(=O)NCCSCc1ccccc1F. The maximum Gasteiger partial charge on any atom is 0.233 e. The minimum atomic E-state index is -0.167. The number of carbonyl (C=O) groups is 1. The summed E-state index contributed by atoms with van der Waals surface area (Å²) in [5.74, 6) is 1.23. The fourth-order valence-corrected chi connectivity index (χ4v) is 2.13. The molecule has 1 amide bonds. The highest BCUT2D eigenvalue weighted by atomic mass is 32.2. The van der Waals surface area contributed by atoms with Gasteiger partial charge in [0.15, 0.2) is 0 Å². The zero-order valence-corrected chi connectivity index (χ0v) is 10.6. The highest BCUT2D eigenvalue weighted by Crippen LogP contribution is 2.14. The third-order valence-corrected chi connectivity index (χ3v) is 3.13. The van der Waals surface area contributed by atoms with Crippen molar-refractivity contribution in [3.8, 4) is 0 Å². The van der Waals surface area contributed by atoms with Gasteiger partial charge in [0.2, 0.25) is 5.91 Å². The van der Waals surface area contributed by atoms with Gasteiger partial charge in [0.1, 0.15) is 5.82 Å². The van der Waals surface area contributed by atoms with E-state index in [1.54, 1.807) is 30.9 Å². The number of halogens is 1. The van der Waals surface area contributed by atoms with Crippen LogP contribution in [0.1, 0.15) is 5.56 Å². The summed E-state index contributed by atoms with van der Waals surface area (Å²) in [5.41, 5.74) is 0.707. The summed E-state index contributed by atoms with van der Waals surface area (Å²) in [6.07, 6.45) is 0. The van der Waals surface area contributed by atoms with Crippen molar-refractivity contribution in [3.63, 3.8) is 0 Å². The van der Waals surface area contributed by atoms with Crippen LogP contribution in [-0.2, 0) is 10.5 Å². The molecule has 0 atom stereocenters. The van der Waals surface area contributed by atoms with Gasteiger partial charge >= 0.3 is 0 Å². The van der Waals surface area contributed by atoms with Crippen molar-refractivity contribution in [2.45, 2.75) is 5.75 Å². The average Bonchev–Trinajstić information content (AvgIpc) is 2.31. The van der Waals surface area contributed by atoms with Crippen molar-refractivity contribution in [3.05, 3.63) is 35.6 Å². The monoisotopic (exact) mass is 256 g/mol. The Balaban J connectivity index is 2.13. The van der Waals surface area contributed by atoms with E-state index in [0.29, 0.717) is 24.4 Å². The molecule has 0 radical (unpaired) electrons. The predicted molar refractivity (Wildman–Crippen MR) is 69.5 cm³/mol. The van der Waals surface area contributed by atoms with E-state index in [0.717, 1.165) is 5.75 Å². The lowest BCUT2D eigenvalue weighted by Crippen LogP contribution is -2.33. The summed E-state index contributed by atoms with van der Waals surface area (Å²) < 4.78 is 13.2. The van der Waals surface area contributed by atoms with E-state index in [9.17, 15) is 9.18 Å². The number of nitrogens with one attached hydrogen (secondary N) is 2. The zero-order chi connectivity index (χ0) is 12.5. The van der Waals surface area contributed by atoms with Crippen molar-refractivity contribution >= 4 is 17.7 Å². The number of rotatable bonds is 7. The van der Waals surface area contributed by atoms with Crippen molar-refractivity contribution in [1.82, 2.24) is 10.6 Å². The van der Waals surface area contributed by atoms with Crippen LogP contribution in [-0.4, -0.2) is 31.8 Å². The summed E-state index contributed by atoms with van der Waals surface area (Å²) in [5, 5.41) is 5.54. The molecule has 0 saturated heterocycles. The van der Waals surface area contributed by atoms with Crippen molar-refractivity contribution in [2.24, 2.45) is 0 Å². The first-order valence-electron chi connectivity index (χ1n) is 5.46. The number of amides is 1. The lowest BCUT2D eigenvalue weighted by Gasteiger charge is -2.05. The normalized spacial score (nSPS) is 10.2. The standard InChI is InChI=1S/C12H17FN2OS/c1-14-8-12(16)15-6-7-17-9-10-4-2-3-5-11(10)13/h2-5,14H,6-9H2,1H3,(H,15,16). The first-order valence-corrected chi connectivity index (χ1v) is 6.62. The van der Waals surface area contributed by atoms with E-state index in [1.165, 1.54) is 6.07 Å². The lowest BCUT2D eigenvalue weighted by molar-refractivity contribution is -0.120. The van der Waals surface area contributed by atoms with Crippen LogP contribution in [0.15, 0.2) is 24.3 Å². The van der Waals surface area contributed by atoms with E-state index < -0.39 is 0 Å². The molecule has 0 spiro atoms. The minimum absolute atomic E-state index is 0.0148. The summed E-state index contributed by atoms with van der Waals surface area (Å²) >= 11 is 1.61. The zero-order valence-electron chi connectivity index (χ0n) is 9.83. The first-order chi connectivity index (χ1) is 8.24. The molecule has 1 rings (SSSR count). The van der Waals surface area contributed by atoms with Crippen molar-refractivity contribution in [2.75, 3.05) is 25.9 Å². The van der Waals surface area contributed by atoms with E-state index in [2.05, 4.69) is 10.6 Å². The van der Waals surface area contributed by atoms with Gasteiger partial charge < -0.3 is 10.6 Å². The fourth-order valence-electron chi connectivity index (χ4n) is 1.28. The molecule has 0 aromatic heterocycles. The Kier molecular flexibility index (Phi) is 6.65. The van der Waals surface area contributed by atoms with Gasteiger partial charge in [0.25, 0.3) is 0 Å². The number of hydrogen-bond donors (Lipinski definition) is 2. The van der Waals surface area contributed by atoms with Crippen LogP contribution in [0, 0.1) is 5.82 Å². The molecule has 0 bridgehead atoms. The van der Waals surface area contributed by atoms with E-state index in [-0.39, 0.29) is 11.7 Å². The van der Waals surface area contributed by atoms with Gasteiger partial charge in [0, 0.05) is 18.1 Å². The summed E-state index contributed by atoms with van der Waals surface area (Å²) in [7, 11) is 1.73. The average molecular weight is 256 g/mol. The van der Waals surface area contributed by atoms with Crippen LogP contribution in [0.25, 0.3) is 0 Å². The van der Waals surface area contributed by atoms with Crippen LogP contribution in [0.5, 0.6) is 0 Å². The second-order valence-corrected chi connectivity index (χ2v) is 4.63. The topological polar surface area (TPSA) is 41.1 Å². The Labute approximate surface area is 105 Å². The Bertz CT molecular complexity index is 360. The Morgan fingerprint density at radius 2 is 2.18 bits per heavy atom. The Morgan fingerprint density at radius 1 is 1.41 bits per heavy atom. The molecule has 1 aromatic carbocycles. The third kappa shape index (κ3) is 5.70. The molecule has 0 aliphatic rings. The number of thioether (sulfide) groups is 1. The lowest BCUT2D eigenvalue weighted by atomic mass is 10.2. The number of carbonyl (C=O) groups excluding carboxylic acids is 1. The number of likely N-dealkylation sites (N-methyl/N-ethyl adjacent to an activating group) is 1. The van der Waals surface area contributed by atoms with Crippen LogP contribution in [0.4, 0.5) is 4.39 Å². The molecule has 0 saturated carbocycles. The fraction of sp³-hybridized carbons (Fsp3) is 0.417. The smallest absolute Gasteiger partial charge is 0.233 e. The van der Waals surface area contributed by atoms with E-state index >= 15 is 0 Å². The molecule has 0 aliphatic carbocycles. The molecule has 5 heteroatoms. The molecule has 2 N–H and O–H groups in total. The van der Waals surface area contributed by atoms with E-state index in [1.807, 2.05) is 6.07 Å². The van der Waals surface area contributed by atoms with Gasteiger partial charge in [-0.1, -0.05) is 18.2 Å². The van der Waals surface area contributed by atoms with E-state index in [4.69, 9.17) is 0 Å². The van der Waals surface area contributed by atoms with Crippen LogP contribution >= 0.6 is 11.8 Å². The van der Waals surface area contributed by atoms with Crippen molar-refractivity contribution in [1.29, 1.82) is 0 Å². The van der Waals surface area contributed by atoms with Gasteiger partial charge in [-0.05, 0) is 18.7 Å². The van der Waals surface area contributed by atoms with Crippen LogP contribution in [0.2, 0.25) is 0 Å². The predicted octanol–water partition coefficient (Wildman–Crippen LogP) is 1.39. The molecule has 94 valence electrons. The molecule has 0 fully saturated rings. The van der Waals surface area contributed by atoms with Gasteiger partial charge in [-0.3, -0.25) is 4.79 Å². The maximum absolute atomic E-state index is 13.2. The molecule has 0 unspecified atom stereocenters. The van der Waals surface area contributed by atoms with Crippen LogP contribution in [0.3, 0.4) is 0 Å². The molecule has 17 heavy (non-hydrogen) atoms.